The van der Waals surface area contributed by atoms with Gasteiger partial charge in [-0.3, -0.25) is 4.79 Å². The fourth-order valence-corrected chi connectivity index (χ4v) is 4.86. The van der Waals surface area contributed by atoms with Gasteiger partial charge < -0.3 is 15.0 Å². The minimum Gasteiger partial charge on any atom is -0.495 e. The Hall–Kier alpha value is -3.49. The van der Waals surface area contributed by atoms with Crippen molar-refractivity contribution in [3.8, 4) is 11.4 Å². The van der Waals surface area contributed by atoms with Gasteiger partial charge in [0.2, 0.25) is 5.91 Å². The molecule has 0 aliphatic heterocycles. The van der Waals surface area contributed by atoms with Gasteiger partial charge in [0.15, 0.2) is 0 Å². The van der Waals surface area contributed by atoms with Gasteiger partial charge in [0.1, 0.15) is 17.9 Å². The molecule has 3 aromatic rings. The van der Waals surface area contributed by atoms with Crippen LogP contribution in [0, 0.1) is 11.7 Å². The van der Waals surface area contributed by atoms with Gasteiger partial charge in [0.05, 0.1) is 18.5 Å². The van der Waals surface area contributed by atoms with Crippen LogP contribution in [0.1, 0.15) is 45.1 Å². The van der Waals surface area contributed by atoms with Gasteiger partial charge in [-0.15, -0.1) is 5.10 Å². The van der Waals surface area contributed by atoms with Crippen LogP contribution in [-0.4, -0.2) is 51.9 Å². The van der Waals surface area contributed by atoms with E-state index in [1.807, 2.05) is 46.0 Å². The highest BCUT2D eigenvalue weighted by Crippen LogP contribution is 2.45. The van der Waals surface area contributed by atoms with Gasteiger partial charge in [-0.2, -0.15) is 0 Å². The fourth-order valence-electron chi connectivity index (χ4n) is 4.86. The van der Waals surface area contributed by atoms with Crippen LogP contribution in [0.5, 0.6) is 5.75 Å². The Labute approximate surface area is 199 Å². The zero-order valence-electron chi connectivity index (χ0n) is 20.2. The summed E-state index contributed by atoms with van der Waals surface area (Å²) >= 11 is 0. The SMILES string of the molecule is COc1ccc(-n2cnnn2)cc1N(C)[C@H]1CC[C@H](C(=O)NC(C)(C)C)[C@H]1c1ccc(F)cc1. The molecule has 0 radical (unpaired) electrons. The molecule has 9 heteroatoms. The lowest BCUT2D eigenvalue weighted by Crippen LogP contribution is -2.46. The Kier molecular flexibility index (Phi) is 6.54. The number of nitrogens with one attached hydrogen (secondary N) is 1. The second-order valence-corrected chi connectivity index (χ2v) is 9.79. The van der Waals surface area contributed by atoms with Gasteiger partial charge >= 0.3 is 0 Å². The van der Waals surface area contributed by atoms with Crippen molar-refractivity contribution in [2.75, 3.05) is 19.1 Å². The Bertz CT molecular complexity index is 1130. The maximum absolute atomic E-state index is 13.7. The van der Waals surface area contributed by atoms with Crippen molar-refractivity contribution in [3.05, 3.63) is 60.2 Å². The summed E-state index contributed by atoms with van der Waals surface area (Å²) in [6.45, 7) is 5.93. The molecule has 3 atom stereocenters. The number of carbonyl (C=O) groups is 1. The molecule has 0 unspecified atom stereocenters. The molecule has 1 amide bonds. The van der Waals surface area contributed by atoms with Crippen LogP contribution in [0.15, 0.2) is 48.8 Å². The highest BCUT2D eigenvalue weighted by molar-refractivity contribution is 5.81. The fraction of sp³-hybridized carbons (Fsp3) is 0.440. The number of aromatic nitrogens is 4. The van der Waals surface area contributed by atoms with Crippen LogP contribution < -0.4 is 15.0 Å². The highest BCUT2D eigenvalue weighted by atomic mass is 19.1. The van der Waals surface area contributed by atoms with Crippen LogP contribution >= 0.6 is 0 Å². The van der Waals surface area contributed by atoms with E-state index >= 15 is 0 Å². The first-order valence-corrected chi connectivity index (χ1v) is 11.4. The number of ether oxygens (including phenoxy) is 1. The molecule has 0 saturated heterocycles. The number of halogens is 1. The number of likely N-dealkylation sites (N-methyl/N-ethyl adjacent to an activating group) is 1. The first-order chi connectivity index (χ1) is 16.2. The Morgan fingerprint density at radius 1 is 1.18 bits per heavy atom. The second-order valence-electron chi connectivity index (χ2n) is 9.79. The number of amides is 1. The first kappa shape index (κ1) is 23.7. The zero-order chi connectivity index (χ0) is 24.5. The summed E-state index contributed by atoms with van der Waals surface area (Å²) < 4.78 is 21.0. The van der Waals surface area contributed by atoms with Crippen LogP contribution in [0.3, 0.4) is 0 Å². The number of tetrazole rings is 1. The molecule has 1 aliphatic carbocycles. The van der Waals surface area contributed by atoms with E-state index < -0.39 is 0 Å². The van der Waals surface area contributed by atoms with Crippen molar-refractivity contribution in [2.24, 2.45) is 5.92 Å². The van der Waals surface area contributed by atoms with E-state index in [0.29, 0.717) is 5.75 Å². The van der Waals surface area contributed by atoms with Gasteiger partial charge in [0, 0.05) is 30.5 Å². The third kappa shape index (κ3) is 4.88. The van der Waals surface area contributed by atoms with E-state index in [1.165, 1.54) is 18.5 Å². The Balaban J connectivity index is 1.72. The van der Waals surface area contributed by atoms with Gasteiger partial charge in [-0.1, -0.05) is 12.1 Å². The number of anilines is 1. The van der Waals surface area contributed by atoms with Gasteiger partial charge in [0.25, 0.3) is 0 Å². The number of methoxy groups -OCH3 is 1. The molecule has 1 heterocycles. The molecule has 1 aromatic heterocycles. The van der Waals surface area contributed by atoms with E-state index in [0.717, 1.165) is 29.8 Å². The van der Waals surface area contributed by atoms with E-state index in [4.69, 9.17) is 4.74 Å². The molecule has 0 spiro atoms. The smallest absolute Gasteiger partial charge is 0.224 e. The average molecular weight is 467 g/mol. The quantitative estimate of drug-likeness (QED) is 0.596. The lowest BCUT2D eigenvalue weighted by atomic mass is 9.85. The first-order valence-electron chi connectivity index (χ1n) is 11.4. The van der Waals surface area contributed by atoms with E-state index in [2.05, 4.69) is 25.7 Å². The predicted molar refractivity (Wildman–Crippen MR) is 128 cm³/mol. The molecule has 8 nitrogen and oxygen atoms in total. The molecule has 1 N–H and O–H groups in total. The van der Waals surface area contributed by atoms with Crippen LogP contribution in [0.2, 0.25) is 0 Å². The monoisotopic (exact) mass is 466 g/mol. The largest absolute Gasteiger partial charge is 0.495 e. The van der Waals surface area contributed by atoms with E-state index in [-0.39, 0.29) is 35.1 Å². The van der Waals surface area contributed by atoms with Crippen molar-refractivity contribution in [1.29, 1.82) is 0 Å². The van der Waals surface area contributed by atoms with Crippen LogP contribution in [-0.2, 0) is 4.79 Å². The second kappa shape index (κ2) is 9.40. The molecule has 1 fully saturated rings. The summed E-state index contributed by atoms with van der Waals surface area (Å²) in [5.74, 6) is 0.0882. The Morgan fingerprint density at radius 2 is 1.91 bits per heavy atom. The minimum absolute atomic E-state index is 0.000740. The molecule has 0 bridgehead atoms. The summed E-state index contributed by atoms with van der Waals surface area (Å²) in [7, 11) is 3.64. The van der Waals surface area contributed by atoms with Crippen molar-refractivity contribution < 1.29 is 13.9 Å². The molecule has 2 aromatic carbocycles. The summed E-state index contributed by atoms with van der Waals surface area (Å²) in [5, 5.41) is 14.6. The topological polar surface area (TPSA) is 85.2 Å². The third-order valence-electron chi connectivity index (χ3n) is 6.36. The number of benzene rings is 2. The highest BCUT2D eigenvalue weighted by Gasteiger charge is 2.44. The lowest BCUT2D eigenvalue weighted by molar-refractivity contribution is -0.126. The number of hydrogen-bond donors (Lipinski definition) is 1. The maximum Gasteiger partial charge on any atom is 0.224 e. The average Bonchev–Trinajstić information content (AvgIpc) is 3.48. The van der Waals surface area contributed by atoms with E-state index in [1.54, 1.807) is 23.9 Å². The molecule has 180 valence electrons. The normalized spacial score (nSPS) is 20.2. The lowest BCUT2D eigenvalue weighted by Gasteiger charge is -2.35. The van der Waals surface area contributed by atoms with Gasteiger partial charge in [-0.25, -0.2) is 9.07 Å². The van der Waals surface area contributed by atoms with Crippen molar-refractivity contribution in [2.45, 2.75) is 51.1 Å². The summed E-state index contributed by atoms with van der Waals surface area (Å²) in [6, 6.07) is 12.2. The van der Waals surface area contributed by atoms with Crippen LogP contribution in [0.25, 0.3) is 5.69 Å². The van der Waals surface area contributed by atoms with Crippen molar-refractivity contribution in [3.63, 3.8) is 0 Å². The number of hydrogen-bond acceptors (Lipinski definition) is 6. The zero-order valence-corrected chi connectivity index (χ0v) is 20.2. The number of carbonyl (C=O) groups excluding carboxylic acids is 1. The van der Waals surface area contributed by atoms with Gasteiger partial charge in [-0.05, 0) is 79.9 Å². The summed E-state index contributed by atoms with van der Waals surface area (Å²) in [6.07, 6.45) is 3.07. The Morgan fingerprint density at radius 3 is 2.53 bits per heavy atom. The molecule has 34 heavy (non-hydrogen) atoms. The molecule has 1 aliphatic rings. The predicted octanol–water partition coefficient (Wildman–Crippen LogP) is 3.72. The van der Waals surface area contributed by atoms with Crippen LogP contribution in [0.4, 0.5) is 10.1 Å². The van der Waals surface area contributed by atoms with E-state index in [9.17, 15) is 9.18 Å². The molecule has 1 saturated carbocycles. The third-order valence-corrected chi connectivity index (χ3v) is 6.36. The minimum atomic E-state index is -0.336. The number of rotatable bonds is 6. The standard InChI is InChI=1S/C25H31FN6O2/c1-25(2,3)28-24(33)19-11-12-20(23(19)16-6-8-17(26)9-7-16)31(4)21-14-18(10-13-22(21)34-5)32-15-27-29-30-32/h6-10,13-15,19-20,23H,11-12H2,1-5H3,(H,28,33)/t19-,20-,23+/m0/s1. The maximum atomic E-state index is 13.7. The summed E-state index contributed by atoms with van der Waals surface area (Å²) in [4.78, 5) is 15.5. The molecule has 4 rings (SSSR count). The summed E-state index contributed by atoms with van der Waals surface area (Å²) in [5.41, 5.74) is 2.27. The molecular formula is C25H31FN6O2. The van der Waals surface area contributed by atoms with Crippen molar-refractivity contribution >= 4 is 11.6 Å². The van der Waals surface area contributed by atoms with Crippen molar-refractivity contribution in [1.82, 2.24) is 25.5 Å². The molecular weight excluding hydrogens is 435 g/mol. The number of nitrogens with zero attached hydrogens (tertiary/aromatic N) is 5.